The Morgan fingerprint density at radius 2 is 1.83 bits per heavy atom. The summed E-state index contributed by atoms with van der Waals surface area (Å²) >= 11 is 5.27. The lowest BCUT2D eigenvalue weighted by molar-refractivity contribution is 0.582. The van der Waals surface area contributed by atoms with Crippen LogP contribution in [0.2, 0.25) is 0 Å². The number of thiocarbonyl (C=S) groups is 1. The Labute approximate surface area is 149 Å². The first kappa shape index (κ1) is 20.1. The molecule has 0 spiro atoms. The van der Waals surface area contributed by atoms with Crippen molar-refractivity contribution in [2.75, 3.05) is 18.4 Å². The molecule has 1 aromatic rings. The van der Waals surface area contributed by atoms with Gasteiger partial charge in [-0.25, -0.2) is 13.1 Å². The molecule has 0 atom stereocenters. The van der Waals surface area contributed by atoms with Crippen LogP contribution in [0.25, 0.3) is 0 Å². The Hall–Kier alpha value is -0.930. The van der Waals surface area contributed by atoms with E-state index in [4.69, 9.17) is 18.0 Å². The van der Waals surface area contributed by atoms with Gasteiger partial charge in [0.2, 0.25) is 10.0 Å². The van der Waals surface area contributed by atoms with Gasteiger partial charge >= 0.3 is 0 Å². The molecule has 0 radical (unpaired) electrons. The van der Waals surface area contributed by atoms with Crippen LogP contribution in [0.1, 0.15) is 25.7 Å². The molecule has 5 N–H and O–H groups in total. The van der Waals surface area contributed by atoms with Crippen molar-refractivity contribution in [3.05, 3.63) is 24.3 Å². The molecule has 0 amide bonds. The SMILES string of the molecule is Cl.NCCNS(=O)(=O)c1ccc(NC(=S)NC2CCCC2)cc1. The van der Waals surface area contributed by atoms with Gasteiger partial charge in [-0.2, -0.15) is 0 Å². The third-order valence-electron chi connectivity index (χ3n) is 3.55. The largest absolute Gasteiger partial charge is 0.360 e. The average molecular weight is 379 g/mol. The van der Waals surface area contributed by atoms with Crippen LogP contribution in [0.4, 0.5) is 5.69 Å². The maximum Gasteiger partial charge on any atom is 0.240 e. The highest BCUT2D eigenvalue weighted by Crippen LogP contribution is 2.18. The van der Waals surface area contributed by atoms with Crippen molar-refractivity contribution in [2.45, 2.75) is 36.6 Å². The maximum absolute atomic E-state index is 11.9. The number of nitrogens with two attached hydrogens (primary N) is 1. The smallest absolute Gasteiger partial charge is 0.240 e. The standard InChI is InChI=1S/C14H22N4O2S2.ClH/c15-9-10-16-22(19,20)13-7-5-12(6-8-13)18-14(21)17-11-3-1-2-4-11;/h5-8,11,16H,1-4,9-10,15H2,(H2,17,18,21);1H. The highest BCUT2D eigenvalue weighted by Gasteiger charge is 2.16. The van der Waals surface area contributed by atoms with Crippen LogP contribution in [0.5, 0.6) is 0 Å². The first-order chi connectivity index (χ1) is 10.5. The van der Waals surface area contributed by atoms with E-state index >= 15 is 0 Å². The van der Waals surface area contributed by atoms with E-state index < -0.39 is 10.0 Å². The van der Waals surface area contributed by atoms with Crippen LogP contribution in [0, 0.1) is 0 Å². The quantitative estimate of drug-likeness (QED) is 0.561. The molecule has 1 aliphatic rings. The van der Waals surface area contributed by atoms with E-state index in [0.717, 1.165) is 18.5 Å². The first-order valence-corrected chi connectivity index (χ1v) is 9.28. The predicted octanol–water partition coefficient (Wildman–Crippen LogP) is 1.57. The van der Waals surface area contributed by atoms with E-state index in [0.29, 0.717) is 11.2 Å². The van der Waals surface area contributed by atoms with Crippen molar-refractivity contribution in [3.8, 4) is 0 Å². The summed E-state index contributed by atoms with van der Waals surface area (Å²) in [5.74, 6) is 0. The van der Waals surface area contributed by atoms with Crippen LogP contribution in [0.15, 0.2) is 29.2 Å². The number of halogens is 1. The summed E-state index contributed by atoms with van der Waals surface area (Å²) in [6.45, 7) is 0.484. The minimum absolute atomic E-state index is 0. The molecule has 0 aromatic heterocycles. The van der Waals surface area contributed by atoms with E-state index in [9.17, 15) is 8.42 Å². The highest BCUT2D eigenvalue weighted by molar-refractivity contribution is 7.89. The lowest BCUT2D eigenvalue weighted by Gasteiger charge is -2.16. The molecular formula is C14H23ClN4O2S2. The van der Waals surface area contributed by atoms with Gasteiger partial charge in [0.05, 0.1) is 4.90 Å². The molecular weight excluding hydrogens is 356 g/mol. The minimum atomic E-state index is -3.49. The average Bonchev–Trinajstić information content (AvgIpc) is 2.98. The predicted molar refractivity (Wildman–Crippen MR) is 99.5 cm³/mol. The van der Waals surface area contributed by atoms with Gasteiger partial charge in [-0.05, 0) is 49.3 Å². The summed E-state index contributed by atoms with van der Waals surface area (Å²) in [4.78, 5) is 0.209. The number of sulfonamides is 1. The van der Waals surface area contributed by atoms with Crippen LogP contribution in [-0.4, -0.2) is 32.7 Å². The third-order valence-corrected chi connectivity index (χ3v) is 5.25. The Bertz CT molecular complexity index is 602. The number of anilines is 1. The topological polar surface area (TPSA) is 96.2 Å². The third kappa shape index (κ3) is 6.23. The summed E-state index contributed by atoms with van der Waals surface area (Å²) in [5.41, 5.74) is 6.06. The van der Waals surface area contributed by atoms with Crippen molar-refractivity contribution in [2.24, 2.45) is 5.73 Å². The first-order valence-electron chi connectivity index (χ1n) is 7.38. The molecule has 23 heavy (non-hydrogen) atoms. The van der Waals surface area contributed by atoms with Crippen molar-refractivity contribution in [1.29, 1.82) is 0 Å². The minimum Gasteiger partial charge on any atom is -0.360 e. The summed E-state index contributed by atoms with van der Waals surface area (Å²) in [6.07, 6.45) is 4.77. The van der Waals surface area contributed by atoms with Crippen molar-refractivity contribution in [1.82, 2.24) is 10.0 Å². The van der Waals surface area contributed by atoms with Gasteiger partial charge in [0, 0.05) is 24.8 Å². The summed E-state index contributed by atoms with van der Waals surface area (Å²) in [7, 11) is -3.49. The second-order valence-corrected chi connectivity index (χ2v) is 7.47. The second kappa shape index (κ2) is 9.39. The Morgan fingerprint density at radius 3 is 2.39 bits per heavy atom. The molecule has 6 nitrogen and oxygen atoms in total. The van der Waals surface area contributed by atoms with Crippen LogP contribution < -0.4 is 21.1 Å². The lowest BCUT2D eigenvalue weighted by Crippen LogP contribution is -2.35. The zero-order valence-corrected chi connectivity index (χ0v) is 15.2. The molecule has 0 bridgehead atoms. The normalized spacial score (nSPS) is 15.0. The van der Waals surface area contributed by atoms with E-state index in [2.05, 4.69) is 15.4 Å². The molecule has 0 saturated heterocycles. The van der Waals surface area contributed by atoms with E-state index in [1.807, 2.05) is 0 Å². The summed E-state index contributed by atoms with van der Waals surface area (Å²) < 4.78 is 26.3. The molecule has 0 unspecified atom stereocenters. The van der Waals surface area contributed by atoms with Gasteiger partial charge in [0.1, 0.15) is 0 Å². The fourth-order valence-corrected chi connectivity index (χ4v) is 3.75. The van der Waals surface area contributed by atoms with Crippen molar-refractivity contribution in [3.63, 3.8) is 0 Å². The van der Waals surface area contributed by atoms with Crippen molar-refractivity contribution < 1.29 is 8.42 Å². The monoisotopic (exact) mass is 378 g/mol. The number of hydrogen-bond acceptors (Lipinski definition) is 4. The number of hydrogen-bond donors (Lipinski definition) is 4. The van der Waals surface area contributed by atoms with Crippen LogP contribution in [0.3, 0.4) is 0 Å². The summed E-state index contributed by atoms with van der Waals surface area (Å²) in [5, 5.41) is 6.92. The van der Waals surface area contributed by atoms with Gasteiger partial charge < -0.3 is 16.4 Å². The molecule has 1 aliphatic carbocycles. The fourth-order valence-electron chi connectivity index (χ4n) is 2.42. The zero-order chi connectivity index (χ0) is 16.0. The lowest BCUT2D eigenvalue weighted by atomic mass is 10.2. The molecule has 1 fully saturated rings. The molecule has 1 saturated carbocycles. The highest BCUT2D eigenvalue weighted by atomic mass is 35.5. The van der Waals surface area contributed by atoms with Gasteiger partial charge in [-0.15, -0.1) is 12.4 Å². The van der Waals surface area contributed by atoms with E-state index in [1.165, 1.54) is 12.8 Å². The Kier molecular flexibility index (Phi) is 8.21. The molecule has 1 aromatic carbocycles. The number of rotatable bonds is 6. The second-order valence-electron chi connectivity index (χ2n) is 5.29. The van der Waals surface area contributed by atoms with Crippen LogP contribution in [-0.2, 0) is 10.0 Å². The zero-order valence-electron chi connectivity index (χ0n) is 12.7. The van der Waals surface area contributed by atoms with E-state index in [-0.39, 0.29) is 30.4 Å². The van der Waals surface area contributed by atoms with Gasteiger partial charge in [0.25, 0.3) is 0 Å². The molecule has 9 heteroatoms. The van der Waals surface area contributed by atoms with Crippen LogP contribution >= 0.6 is 24.6 Å². The maximum atomic E-state index is 11.9. The molecule has 130 valence electrons. The Morgan fingerprint density at radius 1 is 1.22 bits per heavy atom. The Balaban J connectivity index is 0.00000264. The fraction of sp³-hybridized carbons (Fsp3) is 0.500. The van der Waals surface area contributed by atoms with Crippen molar-refractivity contribution >= 4 is 45.4 Å². The molecule has 0 aliphatic heterocycles. The van der Waals surface area contributed by atoms with Gasteiger partial charge in [0.15, 0.2) is 5.11 Å². The van der Waals surface area contributed by atoms with Gasteiger partial charge in [-0.3, -0.25) is 0 Å². The number of benzene rings is 1. The molecule has 2 rings (SSSR count). The van der Waals surface area contributed by atoms with E-state index in [1.54, 1.807) is 24.3 Å². The summed E-state index contributed by atoms with van der Waals surface area (Å²) in [6, 6.07) is 6.91. The number of nitrogens with one attached hydrogen (secondary N) is 3. The molecule has 0 heterocycles. The van der Waals surface area contributed by atoms with Gasteiger partial charge in [-0.1, -0.05) is 12.8 Å².